The van der Waals surface area contributed by atoms with Gasteiger partial charge in [0.15, 0.2) is 5.13 Å². The standard InChI is InChI=1S/C8H3F2NO2S/c9-6-3-4-1-2-5(11(12)13)7(10)8(4)14-6/h1-3H. The predicted molar refractivity (Wildman–Crippen MR) is 48.4 cm³/mol. The van der Waals surface area contributed by atoms with Crippen LogP contribution in [0.2, 0.25) is 0 Å². The minimum absolute atomic E-state index is 0.0169. The lowest BCUT2D eigenvalue weighted by Crippen LogP contribution is -1.91. The van der Waals surface area contributed by atoms with E-state index in [4.69, 9.17) is 0 Å². The molecule has 0 N–H and O–H groups in total. The Hall–Kier alpha value is -1.56. The zero-order valence-corrected chi connectivity index (χ0v) is 7.48. The molecule has 0 bridgehead atoms. The molecule has 0 spiro atoms. The summed E-state index contributed by atoms with van der Waals surface area (Å²) < 4.78 is 26.0. The first-order valence-electron chi connectivity index (χ1n) is 3.61. The zero-order valence-electron chi connectivity index (χ0n) is 6.66. The van der Waals surface area contributed by atoms with Crippen molar-refractivity contribution in [2.75, 3.05) is 0 Å². The Morgan fingerprint density at radius 3 is 2.71 bits per heavy atom. The van der Waals surface area contributed by atoms with Gasteiger partial charge in [-0.1, -0.05) is 0 Å². The number of nitro benzene ring substituents is 1. The average molecular weight is 215 g/mol. The molecule has 0 atom stereocenters. The average Bonchev–Trinajstić information content (AvgIpc) is 2.46. The number of hydrogen-bond donors (Lipinski definition) is 0. The van der Waals surface area contributed by atoms with E-state index in [1.165, 1.54) is 6.07 Å². The van der Waals surface area contributed by atoms with Crippen molar-refractivity contribution in [3.8, 4) is 0 Å². The van der Waals surface area contributed by atoms with Gasteiger partial charge >= 0.3 is 5.69 Å². The molecular formula is C8H3F2NO2S. The molecule has 0 saturated carbocycles. The number of benzene rings is 1. The fraction of sp³-hybridized carbons (Fsp3) is 0. The van der Waals surface area contributed by atoms with Gasteiger partial charge in [0.2, 0.25) is 5.82 Å². The largest absolute Gasteiger partial charge is 0.306 e. The maximum absolute atomic E-state index is 13.3. The van der Waals surface area contributed by atoms with Crippen LogP contribution in [0.15, 0.2) is 18.2 Å². The van der Waals surface area contributed by atoms with Crippen LogP contribution in [0.25, 0.3) is 10.1 Å². The number of hydrogen-bond acceptors (Lipinski definition) is 3. The van der Waals surface area contributed by atoms with E-state index < -0.39 is 21.6 Å². The highest BCUT2D eigenvalue weighted by molar-refractivity contribution is 7.17. The lowest BCUT2D eigenvalue weighted by molar-refractivity contribution is -0.387. The maximum Gasteiger partial charge on any atom is 0.306 e. The lowest BCUT2D eigenvalue weighted by atomic mass is 10.2. The molecule has 1 heterocycles. The third-order valence-corrected chi connectivity index (χ3v) is 2.70. The van der Waals surface area contributed by atoms with Gasteiger partial charge in [0.1, 0.15) is 0 Å². The van der Waals surface area contributed by atoms with E-state index in [-0.39, 0.29) is 4.70 Å². The van der Waals surface area contributed by atoms with Gasteiger partial charge in [-0.05, 0) is 17.5 Å². The second-order valence-corrected chi connectivity index (χ2v) is 3.63. The topological polar surface area (TPSA) is 43.1 Å². The van der Waals surface area contributed by atoms with Crippen molar-refractivity contribution in [2.24, 2.45) is 0 Å². The summed E-state index contributed by atoms with van der Waals surface area (Å²) in [5.41, 5.74) is -0.626. The van der Waals surface area contributed by atoms with Gasteiger partial charge in [0.25, 0.3) is 0 Å². The van der Waals surface area contributed by atoms with E-state index in [2.05, 4.69) is 0 Å². The zero-order chi connectivity index (χ0) is 10.3. The molecule has 0 aliphatic heterocycles. The van der Waals surface area contributed by atoms with Crippen molar-refractivity contribution in [3.05, 3.63) is 39.3 Å². The lowest BCUT2D eigenvalue weighted by Gasteiger charge is -1.93. The Kier molecular flexibility index (Phi) is 1.92. The molecule has 14 heavy (non-hydrogen) atoms. The highest BCUT2D eigenvalue weighted by atomic mass is 32.1. The summed E-state index contributed by atoms with van der Waals surface area (Å²) in [5.74, 6) is -0.971. The normalized spacial score (nSPS) is 10.7. The SMILES string of the molecule is O=[N+]([O-])c1ccc2cc(F)sc2c1F. The van der Waals surface area contributed by atoms with Gasteiger partial charge in [-0.15, -0.1) is 11.3 Å². The van der Waals surface area contributed by atoms with Crippen molar-refractivity contribution in [1.29, 1.82) is 0 Å². The molecule has 2 rings (SSSR count). The summed E-state index contributed by atoms with van der Waals surface area (Å²) in [6, 6.07) is 3.51. The number of fused-ring (bicyclic) bond motifs is 1. The molecule has 0 fully saturated rings. The second kappa shape index (κ2) is 2.98. The fourth-order valence-electron chi connectivity index (χ4n) is 1.17. The van der Waals surface area contributed by atoms with Crippen LogP contribution in [0.3, 0.4) is 0 Å². The summed E-state index contributed by atoms with van der Waals surface area (Å²) in [4.78, 5) is 9.52. The Morgan fingerprint density at radius 1 is 1.36 bits per heavy atom. The molecule has 72 valence electrons. The van der Waals surface area contributed by atoms with Gasteiger partial charge in [-0.2, -0.15) is 8.78 Å². The van der Waals surface area contributed by atoms with Crippen molar-refractivity contribution >= 4 is 27.1 Å². The number of thiophene rings is 1. The second-order valence-electron chi connectivity index (χ2n) is 2.62. The summed E-state index contributed by atoms with van der Waals surface area (Å²) in [6.45, 7) is 0. The van der Waals surface area contributed by atoms with Crippen molar-refractivity contribution < 1.29 is 13.7 Å². The Bertz CT molecular complexity index is 523. The number of rotatable bonds is 1. The fourth-order valence-corrected chi connectivity index (χ4v) is 1.99. The molecular weight excluding hydrogens is 212 g/mol. The van der Waals surface area contributed by atoms with Gasteiger partial charge < -0.3 is 0 Å². The van der Waals surface area contributed by atoms with Crippen molar-refractivity contribution in [3.63, 3.8) is 0 Å². The van der Waals surface area contributed by atoms with Crippen LogP contribution in [-0.2, 0) is 0 Å². The Balaban J connectivity index is 2.80. The van der Waals surface area contributed by atoms with Crippen molar-refractivity contribution in [1.82, 2.24) is 0 Å². The predicted octanol–water partition coefficient (Wildman–Crippen LogP) is 3.09. The molecule has 0 aliphatic rings. The Labute approximate surface area is 80.7 Å². The van der Waals surface area contributed by atoms with Crippen LogP contribution in [0.5, 0.6) is 0 Å². The monoisotopic (exact) mass is 215 g/mol. The first-order chi connectivity index (χ1) is 6.59. The van der Waals surface area contributed by atoms with Gasteiger partial charge in [0, 0.05) is 6.07 Å². The van der Waals surface area contributed by atoms with Crippen LogP contribution in [0, 0.1) is 21.1 Å². The van der Waals surface area contributed by atoms with E-state index in [1.54, 1.807) is 0 Å². The molecule has 0 amide bonds. The highest BCUT2D eigenvalue weighted by Gasteiger charge is 2.18. The molecule has 3 nitrogen and oxygen atoms in total. The molecule has 6 heteroatoms. The van der Waals surface area contributed by atoms with Gasteiger partial charge in [-0.25, -0.2) is 0 Å². The van der Waals surface area contributed by atoms with Crippen LogP contribution in [0.1, 0.15) is 0 Å². The quantitative estimate of drug-likeness (QED) is 0.542. The van der Waals surface area contributed by atoms with Crippen LogP contribution >= 0.6 is 11.3 Å². The van der Waals surface area contributed by atoms with Crippen LogP contribution in [-0.4, -0.2) is 4.92 Å². The van der Waals surface area contributed by atoms with Gasteiger partial charge in [-0.3, -0.25) is 10.1 Å². The summed E-state index contributed by atoms with van der Waals surface area (Å²) >= 11 is 0.564. The van der Waals surface area contributed by atoms with Crippen LogP contribution < -0.4 is 0 Å². The van der Waals surface area contributed by atoms with E-state index >= 15 is 0 Å². The maximum atomic E-state index is 13.3. The highest BCUT2D eigenvalue weighted by Crippen LogP contribution is 2.31. The third-order valence-electron chi connectivity index (χ3n) is 1.77. The van der Waals surface area contributed by atoms with E-state index in [1.807, 2.05) is 0 Å². The molecule has 0 saturated heterocycles. The number of halogens is 2. The molecule has 2 aromatic rings. The number of nitro groups is 1. The Morgan fingerprint density at radius 2 is 2.07 bits per heavy atom. The molecule has 0 unspecified atom stereocenters. The molecule has 1 aromatic carbocycles. The minimum atomic E-state index is -0.971. The summed E-state index contributed by atoms with van der Waals surface area (Å²) in [7, 11) is 0. The molecule has 0 aliphatic carbocycles. The molecule has 1 aromatic heterocycles. The van der Waals surface area contributed by atoms with Gasteiger partial charge in [0.05, 0.1) is 9.62 Å². The smallest absolute Gasteiger partial charge is 0.258 e. The van der Waals surface area contributed by atoms with Crippen molar-refractivity contribution in [2.45, 2.75) is 0 Å². The number of nitrogens with zero attached hydrogens (tertiary/aromatic N) is 1. The summed E-state index contributed by atoms with van der Waals surface area (Å²) in [6.07, 6.45) is 0. The van der Waals surface area contributed by atoms with Crippen LogP contribution in [0.4, 0.5) is 14.5 Å². The first kappa shape index (κ1) is 9.01. The first-order valence-corrected chi connectivity index (χ1v) is 4.43. The third kappa shape index (κ3) is 1.24. The van der Waals surface area contributed by atoms with E-state index in [0.717, 1.165) is 12.1 Å². The minimum Gasteiger partial charge on any atom is -0.258 e. The summed E-state index contributed by atoms with van der Waals surface area (Å²) in [5, 5.41) is 10.1. The molecule has 0 radical (unpaired) electrons. The van der Waals surface area contributed by atoms with E-state index in [0.29, 0.717) is 16.7 Å². The van der Waals surface area contributed by atoms with E-state index in [9.17, 15) is 18.9 Å².